The zero-order chi connectivity index (χ0) is 17.6. The summed E-state index contributed by atoms with van der Waals surface area (Å²) in [5.41, 5.74) is 1.42. The molecule has 1 saturated heterocycles. The molecule has 1 N–H and O–H groups in total. The van der Waals surface area contributed by atoms with E-state index in [-0.39, 0.29) is 6.61 Å². The smallest absolute Gasteiger partial charge is 0.144 e. The summed E-state index contributed by atoms with van der Waals surface area (Å²) in [6.45, 7) is 3.99. The van der Waals surface area contributed by atoms with E-state index in [1.54, 1.807) is 18.2 Å². The van der Waals surface area contributed by atoms with Gasteiger partial charge in [0, 0.05) is 35.8 Å². The second kappa shape index (κ2) is 8.87. The summed E-state index contributed by atoms with van der Waals surface area (Å²) in [6, 6.07) is 5.29. The summed E-state index contributed by atoms with van der Waals surface area (Å²) in [5, 5.41) is 15.0. The van der Waals surface area contributed by atoms with Crippen molar-refractivity contribution in [2.75, 3.05) is 46.1 Å². The number of halogens is 2. The van der Waals surface area contributed by atoms with E-state index in [0.29, 0.717) is 47.7 Å². The number of hydrogen-bond donors (Lipinski definition) is 1. The van der Waals surface area contributed by atoms with Crippen LogP contribution in [0.1, 0.15) is 5.56 Å². The van der Waals surface area contributed by atoms with E-state index in [1.165, 1.54) is 6.21 Å². The van der Waals surface area contributed by atoms with Crippen molar-refractivity contribution < 1.29 is 19.4 Å². The number of hydrogen-bond acceptors (Lipinski definition) is 6. The van der Waals surface area contributed by atoms with Gasteiger partial charge in [0.05, 0.1) is 24.5 Å². The molecule has 0 spiro atoms. The molecule has 0 radical (unpaired) electrons. The van der Waals surface area contributed by atoms with E-state index in [4.69, 9.17) is 37.5 Å². The number of aliphatic hydroxyl groups is 1. The predicted molar refractivity (Wildman–Crippen MR) is 97.4 cm³/mol. The fraction of sp³-hybridized carbons (Fsp3) is 0.471. The first kappa shape index (κ1) is 18.5. The number of ether oxygens (including phenoxy) is 2. The lowest BCUT2D eigenvalue weighted by atomic mass is 10.1. The van der Waals surface area contributed by atoms with Gasteiger partial charge in [0.2, 0.25) is 0 Å². The van der Waals surface area contributed by atoms with Gasteiger partial charge in [-0.1, -0.05) is 28.4 Å². The number of aliphatic hydroxyl groups excluding tert-OH is 1. The topological polar surface area (TPSA) is 63.5 Å². The Bertz CT molecular complexity index is 660. The molecular formula is C17H20Cl2N2O4. The molecule has 136 valence electrons. The lowest BCUT2D eigenvalue weighted by molar-refractivity contribution is -0.0128. The van der Waals surface area contributed by atoms with Gasteiger partial charge >= 0.3 is 0 Å². The van der Waals surface area contributed by atoms with Gasteiger partial charge in [0.1, 0.15) is 25.1 Å². The van der Waals surface area contributed by atoms with Crippen LogP contribution in [-0.4, -0.2) is 68.4 Å². The molecule has 1 unspecified atom stereocenters. The van der Waals surface area contributed by atoms with Crippen LogP contribution in [0.25, 0.3) is 5.03 Å². The standard InChI is InChI=1S/C17H20Cl2N2O4/c18-13-1-2-16-15(7-13)17(19)12(10-24-16)8-20-25-11-14(22)9-21-3-5-23-6-4-21/h1-2,7-8,14,22H,3-6,9-11H2. The summed E-state index contributed by atoms with van der Waals surface area (Å²) in [4.78, 5) is 7.32. The molecule has 2 aliphatic heterocycles. The van der Waals surface area contributed by atoms with Crippen molar-refractivity contribution in [1.82, 2.24) is 4.90 Å². The molecular weight excluding hydrogens is 367 g/mol. The first-order valence-electron chi connectivity index (χ1n) is 8.08. The molecule has 1 aromatic carbocycles. The Hall–Kier alpha value is -1.31. The number of β-amino-alcohol motifs (C(OH)–C–C–N with tert-alkyl or cyclic N) is 1. The van der Waals surface area contributed by atoms with Crippen LogP contribution in [0.5, 0.6) is 5.75 Å². The van der Waals surface area contributed by atoms with E-state index in [9.17, 15) is 5.11 Å². The molecule has 0 aliphatic carbocycles. The molecule has 1 fully saturated rings. The number of nitrogens with zero attached hydrogens (tertiary/aromatic N) is 2. The maximum absolute atomic E-state index is 9.99. The number of fused-ring (bicyclic) bond motifs is 1. The highest BCUT2D eigenvalue weighted by molar-refractivity contribution is 6.51. The summed E-state index contributed by atoms with van der Waals surface area (Å²) >= 11 is 12.4. The van der Waals surface area contributed by atoms with Crippen LogP contribution >= 0.6 is 23.2 Å². The van der Waals surface area contributed by atoms with E-state index in [2.05, 4.69) is 10.1 Å². The quantitative estimate of drug-likeness (QED) is 0.600. The van der Waals surface area contributed by atoms with Crippen LogP contribution in [0.2, 0.25) is 5.02 Å². The Morgan fingerprint density at radius 3 is 2.92 bits per heavy atom. The predicted octanol–water partition coefficient (Wildman–Crippen LogP) is 2.38. The zero-order valence-electron chi connectivity index (χ0n) is 13.7. The van der Waals surface area contributed by atoms with E-state index < -0.39 is 6.10 Å². The summed E-state index contributed by atoms with van der Waals surface area (Å²) < 4.78 is 10.9. The molecule has 0 amide bonds. The second-order valence-electron chi connectivity index (χ2n) is 5.87. The molecule has 1 atom stereocenters. The van der Waals surface area contributed by atoms with Gasteiger partial charge in [0.15, 0.2) is 0 Å². The fourth-order valence-corrected chi connectivity index (χ4v) is 3.07. The third kappa shape index (κ3) is 5.09. The van der Waals surface area contributed by atoms with Gasteiger partial charge < -0.3 is 19.4 Å². The minimum absolute atomic E-state index is 0.113. The largest absolute Gasteiger partial charge is 0.488 e. The highest BCUT2D eigenvalue weighted by atomic mass is 35.5. The Labute approximate surface area is 156 Å². The molecule has 1 aromatic rings. The van der Waals surface area contributed by atoms with Crippen LogP contribution in [0.15, 0.2) is 28.9 Å². The maximum atomic E-state index is 9.99. The van der Waals surface area contributed by atoms with Gasteiger partial charge in [0.25, 0.3) is 0 Å². The average molecular weight is 387 g/mol. The van der Waals surface area contributed by atoms with Crippen LogP contribution < -0.4 is 4.74 Å². The van der Waals surface area contributed by atoms with Crippen molar-refractivity contribution in [2.45, 2.75) is 6.10 Å². The molecule has 8 heteroatoms. The Morgan fingerprint density at radius 1 is 1.32 bits per heavy atom. The van der Waals surface area contributed by atoms with Gasteiger partial charge in [-0.05, 0) is 18.2 Å². The second-order valence-corrected chi connectivity index (χ2v) is 6.68. The summed E-state index contributed by atoms with van der Waals surface area (Å²) in [6.07, 6.45) is 0.898. The lowest BCUT2D eigenvalue weighted by Gasteiger charge is -2.28. The van der Waals surface area contributed by atoms with Crippen molar-refractivity contribution in [3.63, 3.8) is 0 Å². The third-order valence-corrected chi connectivity index (χ3v) is 4.65. The van der Waals surface area contributed by atoms with Crippen molar-refractivity contribution in [2.24, 2.45) is 5.16 Å². The molecule has 6 nitrogen and oxygen atoms in total. The molecule has 25 heavy (non-hydrogen) atoms. The number of oxime groups is 1. The summed E-state index contributed by atoms with van der Waals surface area (Å²) in [5.74, 6) is 0.688. The molecule has 0 saturated carbocycles. The van der Waals surface area contributed by atoms with Crippen molar-refractivity contribution in [3.8, 4) is 5.75 Å². The molecule has 2 aliphatic rings. The van der Waals surface area contributed by atoms with Crippen molar-refractivity contribution in [1.29, 1.82) is 0 Å². The average Bonchev–Trinajstić information content (AvgIpc) is 2.62. The maximum Gasteiger partial charge on any atom is 0.144 e. The Balaban J connectivity index is 1.51. The van der Waals surface area contributed by atoms with Gasteiger partial charge in [-0.15, -0.1) is 0 Å². The van der Waals surface area contributed by atoms with Gasteiger partial charge in [-0.3, -0.25) is 4.90 Å². The number of morpholine rings is 1. The van der Waals surface area contributed by atoms with Crippen LogP contribution in [0, 0.1) is 0 Å². The van der Waals surface area contributed by atoms with Crippen LogP contribution in [0.3, 0.4) is 0 Å². The van der Waals surface area contributed by atoms with Gasteiger partial charge in [-0.25, -0.2) is 0 Å². The normalized spacial score (nSPS) is 19.6. The first-order valence-corrected chi connectivity index (χ1v) is 8.84. The number of rotatable bonds is 6. The lowest BCUT2D eigenvalue weighted by Crippen LogP contribution is -2.42. The Morgan fingerprint density at radius 2 is 2.12 bits per heavy atom. The Kier molecular flexibility index (Phi) is 6.56. The molecule has 2 heterocycles. The van der Waals surface area contributed by atoms with Crippen molar-refractivity contribution >= 4 is 34.4 Å². The van der Waals surface area contributed by atoms with E-state index >= 15 is 0 Å². The highest BCUT2D eigenvalue weighted by Crippen LogP contribution is 2.36. The fourth-order valence-electron chi connectivity index (χ4n) is 2.65. The number of benzene rings is 1. The SMILES string of the molecule is OC(CON=CC1=C(Cl)c2cc(Cl)ccc2OC1)CN1CCOCC1. The van der Waals surface area contributed by atoms with Crippen LogP contribution in [-0.2, 0) is 9.57 Å². The highest BCUT2D eigenvalue weighted by Gasteiger charge is 2.18. The minimum atomic E-state index is -0.609. The molecule has 0 aromatic heterocycles. The third-order valence-electron chi connectivity index (χ3n) is 3.97. The van der Waals surface area contributed by atoms with Crippen LogP contribution in [0.4, 0.5) is 0 Å². The van der Waals surface area contributed by atoms with E-state index in [0.717, 1.165) is 18.7 Å². The molecule has 3 rings (SSSR count). The van der Waals surface area contributed by atoms with Gasteiger partial charge in [-0.2, -0.15) is 0 Å². The van der Waals surface area contributed by atoms with E-state index in [1.807, 2.05) is 0 Å². The molecule has 0 bridgehead atoms. The monoisotopic (exact) mass is 386 g/mol. The zero-order valence-corrected chi connectivity index (χ0v) is 15.2. The minimum Gasteiger partial charge on any atom is -0.488 e. The summed E-state index contributed by atoms with van der Waals surface area (Å²) in [7, 11) is 0. The van der Waals surface area contributed by atoms with Crippen molar-refractivity contribution in [3.05, 3.63) is 34.4 Å². The first-order chi connectivity index (χ1) is 12.1.